The van der Waals surface area contributed by atoms with E-state index < -0.39 is 11.0 Å². The van der Waals surface area contributed by atoms with Crippen LogP contribution in [0, 0.1) is 17.0 Å². The third kappa shape index (κ3) is 3.69. The fourth-order valence-electron chi connectivity index (χ4n) is 1.93. The van der Waals surface area contributed by atoms with Crippen molar-refractivity contribution in [2.75, 3.05) is 6.54 Å². The summed E-state index contributed by atoms with van der Waals surface area (Å²) in [5.74, 6) is 0.306. The molecule has 1 aromatic carbocycles. The van der Waals surface area contributed by atoms with Gasteiger partial charge in [0.05, 0.1) is 4.92 Å². The number of benzene rings is 1. The van der Waals surface area contributed by atoms with Crippen LogP contribution < -0.4 is 4.74 Å². The van der Waals surface area contributed by atoms with Gasteiger partial charge < -0.3 is 9.64 Å². The molecule has 1 amide bonds. The summed E-state index contributed by atoms with van der Waals surface area (Å²) in [5, 5.41) is 10.7. The van der Waals surface area contributed by atoms with E-state index in [1.54, 1.807) is 11.8 Å². The van der Waals surface area contributed by atoms with Gasteiger partial charge in [0.25, 0.3) is 5.69 Å². The van der Waals surface area contributed by atoms with Crippen LogP contribution in [-0.2, 0) is 0 Å². The van der Waals surface area contributed by atoms with Gasteiger partial charge in [-0.05, 0) is 46.8 Å². The molecule has 110 valence electrons. The van der Waals surface area contributed by atoms with Gasteiger partial charge in [-0.2, -0.15) is 0 Å². The second kappa shape index (κ2) is 5.90. The van der Waals surface area contributed by atoms with Crippen molar-refractivity contribution in [2.24, 2.45) is 0 Å². The number of hydrogen-bond donors (Lipinski definition) is 0. The molecule has 0 aliphatic heterocycles. The minimum absolute atomic E-state index is 0.00738. The fraction of sp³-hybridized carbons (Fsp3) is 0.500. The lowest BCUT2D eigenvalue weighted by atomic mass is 10.1. The summed E-state index contributed by atoms with van der Waals surface area (Å²) >= 11 is 0. The number of carbonyl (C=O) groups excluding carboxylic acids is 1. The molecule has 0 spiro atoms. The summed E-state index contributed by atoms with van der Waals surface area (Å²) in [4.78, 5) is 23.9. The van der Waals surface area contributed by atoms with Gasteiger partial charge in [0.1, 0.15) is 5.75 Å². The van der Waals surface area contributed by atoms with Gasteiger partial charge in [-0.3, -0.25) is 10.1 Å². The van der Waals surface area contributed by atoms with Crippen LogP contribution in [0.25, 0.3) is 0 Å². The highest BCUT2D eigenvalue weighted by molar-refractivity contribution is 5.71. The van der Waals surface area contributed by atoms with E-state index in [4.69, 9.17) is 4.74 Å². The predicted molar refractivity (Wildman–Crippen MR) is 76.0 cm³/mol. The van der Waals surface area contributed by atoms with E-state index in [0.29, 0.717) is 17.9 Å². The predicted octanol–water partition coefficient (Wildman–Crippen LogP) is 3.52. The molecule has 6 nitrogen and oxygen atoms in total. The molecule has 0 unspecified atom stereocenters. The maximum atomic E-state index is 12.1. The summed E-state index contributed by atoms with van der Waals surface area (Å²) in [6.07, 6.45) is -0.465. The summed E-state index contributed by atoms with van der Waals surface area (Å²) in [7, 11) is 0. The largest absolute Gasteiger partial charge is 0.415 e. The number of rotatable bonds is 3. The second-order valence-corrected chi connectivity index (χ2v) is 5.49. The molecular weight excluding hydrogens is 260 g/mol. The molecule has 0 aliphatic carbocycles. The zero-order valence-electron chi connectivity index (χ0n) is 12.5. The van der Waals surface area contributed by atoms with Crippen LogP contribution in [0.1, 0.15) is 33.3 Å². The average molecular weight is 280 g/mol. The first kappa shape index (κ1) is 15.9. The molecule has 0 atom stereocenters. The number of aryl methyl sites for hydroxylation is 1. The molecule has 0 saturated heterocycles. The molecule has 0 bridgehead atoms. The van der Waals surface area contributed by atoms with Crippen LogP contribution in [0.2, 0.25) is 0 Å². The van der Waals surface area contributed by atoms with Crippen molar-refractivity contribution < 1.29 is 14.5 Å². The zero-order chi connectivity index (χ0) is 15.5. The average Bonchev–Trinajstić information content (AvgIpc) is 2.27. The molecule has 1 aromatic rings. The highest BCUT2D eigenvalue weighted by Gasteiger charge is 2.26. The monoisotopic (exact) mass is 280 g/mol. The third-order valence-corrected chi connectivity index (χ3v) is 2.92. The number of hydrogen-bond acceptors (Lipinski definition) is 4. The number of amides is 1. The van der Waals surface area contributed by atoms with Gasteiger partial charge in [0.2, 0.25) is 0 Å². The maximum absolute atomic E-state index is 12.1. The first-order chi connectivity index (χ1) is 9.16. The van der Waals surface area contributed by atoms with Crippen molar-refractivity contribution in [3.63, 3.8) is 0 Å². The zero-order valence-corrected chi connectivity index (χ0v) is 12.5. The number of ether oxygens (including phenoxy) is 1. The van der Waals surface area contributed by atoms with Gasteiger partial charge in [-0.25, -0.2) is 4.79 Å². The van der Waals surface area contributed by atoms with E-state index in [1.165, 1.54) is 18.2 Å². The summed E-state index contributed by atoms with van der Waals surface area (Å²) in [6, 6.07) is 4.26. The Balaban J connectivity index is 2.91. The fourth-order valence-corrected chi connectivity index (χ4v) is 1.93. The number of nitro groups is 1. The van der Waals surface area contributed by atoms with E-state index >= 15 is 0 Å². The van der Waals surface area contributed by atoms with Crippen molar-refractivity contribution in [1.82, 2.24) is 4.90 Å². The van der Waals surface area contributed by atoms with E-state index in [-0.39, 0.29) is 11.2 Å². The third-order valence-electron chi connectivity index (χ3n) is 2.92. The Morgan fingerprint density at radius 1 is 1.40 bits per heavy atom. The lowest BCUT2D eigenvalue weighted by Crippen LogP contribution is -2.46. The number of nitrogens with zero attached hydrogens (tertiary/aromatic N) is 2. The minimum atomic E-state index is -0.465. The molecule has 0 saturated carbocycles. The smallest absolute Gasteiger partial charge is 0.410 e. The number of nitro benzene ring substituents is 1. The number of carbonyl (C=O) groups is 1. The van der Waals surface area contributed by atoms with E-state index in [1.807, 2.05) is 27.7 Å². The van der Waals surface area contributed by atoms with Crippen molar-refractivity contribution in [2.45, 2.75) is 40.2 Å². The Morgan fingerprint density at radius 2 is 2.00 bits per heavy atom. The van der Waals surface area contributed by atoms with Gasteiger partial charge in [0, 0.05) is 23.7 Å². The van der Waals surface area contributed by atoms with Gasteiger partial charge in [-0.1, -0.05) is 0 Å². The van der Waals surface area contributed by atoms with Gasteiger partial charge >= 0.3 is 6.09 Å². The van der Waals surface area contributed by atoms with Crippen LogP contribution in [0.5, 0.6) is 5.75 Å². The lowest BCUT2D eigenvalue weighted by molar-refractivity contribution is -0.385. The first-order valence-electron chi connectivity index (χ1n) is 6.41. The van der Waals surface area contributed by atoms with Gasteiger partial charge in [0.15, 0.2) is 0 Å². The Kier molecular flexibility index (Phi) is 4.70. The Bertz CT molecular complexity index is 520. The quantitative estimate of drug-likeness (QED) is 0.627. The van der Waals surface area contributed by atoms with Crippen molar-refractivity contribution in [3.8, 4) is 5.75 Å². The molecule has 0 fully saturated rings. The molecule has 0 aliphatic rings. The van der Waals surface area contributed by atoms with Crippen LogP contribution in [0.3, 0.4) is 0 Å². The Morgan fingerprint density at radius 3 is 2.40 bits per heavy atom. The van der Waals surface area contributed by atoms with E-state index in [9.17, 15) is 14.9 Å². The van der Waals surface area contributed by atoms with Crippen LogP contribution in [0.4, 0.5) is 10.5 Å². The molecule has 0 radical (unpaired) electrons. The molecular formula is C14H20N2O4. The van der Waals surface area contributed by atoms with Crippen molar-refractivity contribution in [1.29, 1.82) is 0 Å². The molecule has 1 rings (SSSR count). The Labute approximate surface area is 118 Å². The highest BCUT2D eigenvalue weighted by Crippen LogP contribution is 2.24. The molecule has 0 aromatic heterocycles. The topological polar surface area (TPSA) is 72.7 Å². The van der Waals surface area contributed by atoms with E-state index in [0.717, 1.165) is 0 Å². The van der Waals surface area contributed by atoms with Crippen molar-refractivity contribution >= 4 is 11.8 Å². The van der Waals surface area contributed by atoms with E-state index in [2.05, 4.69) is 0 Å². The summed E-state index contributed by atoms with van der Waals surface area (Å²) in [5.41, 5.74) is 0.119. The van der Waals surface area contributed by atoms with Crippen LogP contribution >= 0.6 is 0 Å². The lowest BCUT2D eigenvalue weighted by Gasteiger charge is -2.33. The minimum Gasteiger partial charge on any atom is -0.410 e. The highest BCUT2D eigenvalue weighted by atomic mass is 16.6. The maximum Gasteiger partial charge on any atom is 0.415 e. The normalized spacial score (nSPS) is 11.1. The van der Waals surface area contributed by atoms with Crippen LogP contribution in [-0.4, -0.2) is 28.0 Å². The standard InChI is InChI=1S/C14H20N2O4/c1-6-15(14(3,4)5)13(17)20-11-7-8-12(16(18)19)10(2)9-11/h7-9H,6H2,1-5H3. The second-order valence-electron chi connectivity index (χ2n) is 5.49. The van der Waals surface area contributed by atoms with Crippen molar-refractivity contribution in [3.05, 3.63) is 33.9 Å². The summed E-state index contributed by atoms with van der Waals surface area (Å²) < 4.78 is 5.27. The first-order valence-corrected chi connectivity index (χ1v) is 6.41. The molecule has 0 N–H and O–H groups in total. The van der Waals surface area contributed by atoms with Gasteiger partial charge in [-0.15, -0.1) is 0 Å². The summed E-state index contributed by atoms with van der Waals surface area (Å²) in [6.45, 7) is 9.75. The SMILES string of the molecule is CCN(C(=O)Oc1ccc([N+](=O)[O-])c(C)c1)C(C)(C)C. The Hall–Kier alpha value is -2.11. The molecule has 0 heterocycles. The molecule has 6 heteroatoms. The molecule has 20 heavy (non-hydrogen) atoms. The van der Waals surface area contributed by atoms with Crippen LogP contribution in [0.15, 0.2) is 18.2 Å².